The van der Waals surface area contributed by atoms with Crippen LogP contribution in [0.5, 0.6) is 5.88 Å². The van der Waals surface area contributed by atoms with E-state index in [9.17, 15) is 18.4 Å². The van der Waals surface area contributed by atoms with Gasteiger partial charge in [-0.15, -0.1) is 0 Å². The lowest BCUT2D eigenvalue weighted by Gasteiger charge is -2.18. The minimum atomic E-state index is -1.18. The molecule has 1 aromatic carbocycles. The van der Waals surface area contributed by atoms with Crippen LogP contribution in [0.4, 0.5) is 14.5 Å². The number of carbonyl (C=O) groups excluding carboxylic acids is 2. The maximum atomic E-state index is 13.9. The third kappa shape index (κ3) is 4.48. The van der Waals surface area contributed by atoms with Crippen molar-refractivity contribution in [3.63, 3.8) is 0 Å². The number of ether oxygens (including phenoxy) is 1. The minimum absolute atomic E-state index is 0.142. The monoisotopic (exact) mass is 423 g/mol. The van der Waals surface area contributed by atoms with Gasteiger partial charge in [0.25, 0.3) is 0 Å². The van der Waals surface area contributed by atoms with Crippen molar-refractivity contribution in [2.24, 2.45) is 5.92 Å². The Balaban J connectivity index is 1.92. The zero-order chi connectivity index (χ0) is 21.3. The average Bonchev–Trinajstić information content (AvgIpc) is 2.93. The predicted molar refractivity (Wildman–Crippen MR) is 104 cm³/mol. The fraction of sp³-hybridized carbons (Fsp3) is 0.350. The van der Waals surface area contributed by atoms with Crippen LogP contribution in [0.25, 0.3) is 0 Å². The Morgan fingerprint density at radius 1 is 1.34 bits per heavy atom. The van der Waals surface area contributed by atoms with Gasteiger partial charge in [0.2, 0.25) is 17.7 Å². The van der Waals surface area contributed by atoms with Crippen LogP contribution in [0.15, 0.2) is 30.3 Å². The molecule has 1 aromatic heterocycles. The Hall–Kier alpha value is -2.74. The van der Waals surface area contributed by atoms with Crippen molar-refractivity contribution in [2.45, 2.75) is 25.9 Å². The van der Waals surface area contributed by atoms with Crippen LogP contribution in [0.1, 0.15) is 25.3 Å². The molecule has 1 N–H and O–H groups in total. The molecule has 3 rings (SSSR count). The normalized spacial score (nSPS) is 19.0. The van der Waals surface area contributed by atoms with E-state index in [1.165, 1.54) is 17.0 Å². The number of benzene rings is 1. The molecule has 0 unspecified atom stereocenters. The third-order valence-electron chi connectivity index (χ3n) is 4.58. The lowest BCUT2D eigenvalue weighted by molar-refractivity contribution is -0.135. The minimum Gasteiger partial charge on any atom is -0.475 e. The summed E-state index contributed by atoms with van der Waals surface area (Å²) in [5, 5.41) is 2.49. The molecule has 154 valence electrons. The number of rotatable bonds is 5. The summed E-state index contributed by atoms with van der Waals surface area (Å²) in [5.41, 5.74) is 0.269. The van der Waals surface area contributed by atoms with Gasteiger partial charge < -0.3 is 15.0 Å². The van der Waals surface area contributed by atoms with Gasteiger partial charge in [0.1, 0.15) is 11.1 Å². The topological polar surface area (TPSA) is 71.5 Å². The standard InChI is InChI=1S/C20H20ClF2N3O3/c1-10(2)29-16-8-11(7-15(21)25-16)12-9-26(3)20(28)17(12)19(27)24-14-6-4-5-13(22)18(14)23/h4-8,10,12,17H,9H2,1-3H3,(H,24,27)/t12-,17+/m0/s1. The van der Waals surface area contributed by atoms with Gasteiger partial charge in [0.15, 0.2) is 11.6 Å². The molecule has 1 aliphatic rings. The number of likely N-dealkylation sites (N-methyl/N-ethyl adjacent to an activating group) is 1. The number of hydrogen-bond acceptors (Lipinski definition) is 4. The molecule has 0 radical (unpaired) electrons. The van der Waals surface area contributed by atoms with Crippen molar-refractivity contribution >= 4 is 29.1 Å². The highest BCUT2D eigenvalue weighted by atomic mass is 35.5. The fourth-order valence-electron chi connectivity index (χ4n) is 3.31. The van der Waals surface area contributed by atoms with Crippen LogP contribution in [0, 0.1) is 17.6 Å². The first kappa shape index (κ1) is 21.0. The van der Waals surface area contributed by atoms with Gasteiger partial charge in [-0.1, -0.05) is 17.7 Å². The maximum Gasteiger partial charge on any atom is 0.237 e. The predicted octanol–water partition coefficient (Wildman–Crippen LogP) is 3.61. The van der Waals surface area contributed by atoms with E-state index in [1.807, 2.05) is 13.8 Å². The van der Waals surface area contributed by atoms with Crippen molar-refractivity contribution in [1.82, 2.24) is 9.88 Å². The second-order valence-corrected chi connectivity index (χ2v) is 7.51. The maximum absolute atomic E-state index is 13.9. The third-order valence-corrected chi connectivity index (χ3v) is 4.78. The molecule has 1 saturated heterocycles. The van der Waals surface area contributed by atoms with E-state index in [0.717, 1.165) is 6.07 Å². The summed E-state index contributed by atoms with van der Waals surface area (Å²) in [6.07, 6.45) is -0.142. The molecule has 2 amide bonds. The van der Waals surface area contributed by atoms with Crippen LogP contribution in [-0.4, -0.2) is 41.4 Å². The fourth-order valence-corrected chi connectivity index (χ4v) is 3.52. The number of carbonyl (C=O) groups is 2. The number of nitrogens with zero attached hydrogens (tertiary/aromatic N) is 2. The first-order chi connectivity index (χ1) is 13.7. The van der Waals surface area contributed by atoms with E-state index >= 15 is 0 Å². The molecule has 0 aliphatic carbocycles. The van der Waals surface area contributed by atoms with Crippen molar-refractivity contribution in [2.75, 3.05) is 18.9 Å². The lowest BCUT2D eigenvalue weighted by atomic mass is 9.88. The van der Waals surface area contributed by atoms with Crippen molar-refractivity contribution in [1.29, 1.82) is 0 Å². The van der Waals surface area contributed by atoms with Gasteiger partial charge in [-0.05, 0) is 37.6 Å². The van der Waals surface area contributed by atoms with Crippen molar-refractivity contribution in [3.8, 4) is 5.88 Å². The average molecular weight is 424 g/mol. The van der Waals surface area contributed by atoms with Gasteiger partial charge >= 0.3 is 0 Å². The lowest BCUT2D eigenvalue weighted by Crippen LogP contribution is -2.33. The molecule has 0 spiro atoms. The highest BCUT2D eigenvalue weighted by molar-refractivity contribution is 6.29. The number of nitrogens with one attached hydrogen (secondary N) is 1. The van der Waals surface area contributed by atoms with Crippen molar-refractivity contribution < 1.29 is 23.1 Å². The number of amides is 2. The summed E-state index contributed by atoms with van der Waals surface area (Å²) in [7, 11) is 1.57. The first-order valence-corrected chi connectivity index (χ1v) is 9.39. The van der Waals surface area contributed by atoms with Crippen LogP contribution in [0.3, 0.4) is 0 Å². The second kappa shape index (κ2) is 8.32. The molecule has 0 bridgehead atoms. The van der Waals surface area contributed by atoms with Crippen LogP contribution >= 0.6 is 11.6 Å². The Labute approximate surface area is 171 Å². The molecule has 6 nitrogen and oxygen atoms in total. The quantitative estimate of drug-likeness (QED) is 0.589. The highest BCUT2D eigenvalue weighted by Crippen LogP contribution is 2.36. The summed E-state index contributed by atoms with van der Waals surface area (Å²) in [5.74, 6) is -4.84. The molecule has 0 saturated carbocycles. The molecule has 29 heavy (non-hydrogen) atoms. The van der Waals surface area contributed by atoms with E-state index < -0.39 is 35.3 Å². The van der Waals surface area contributed by atoms with Crippen LogP contribution in [-0.2, 0) is 9.59 Å². The summed E-state index contributed by atoms with van der Waals surface area (Å²) in [6.45, 7) is 3.92. The van der Waals surface area contributed by atoms with Crippen LogP contribution in [0.2, 0.25) is 5.15 Å². The molecule has 2 heterocycles. The molecule has 2 aromatic rings. The zero-order valence-corrected chi connectivity index (χ0v) is 16.8. The van der Waals surface area contributed by atoms with E-state index in [2.05, 4.69) is 10.3 Å². The number of hydrogen-bond donors (Lipinski definition) is 1. The summed E-state index contributed by atoms with van der Waals surface area (Å²) >= 11 is 6.10. The van der Waals surface area contributed by atoms with Gasteiger partial charge in [-0.25, -0.2) is 13.8 Å². The number of aromatic nitrogens is 1. The molecule has 1 fully saturated rings. The van der Waals surface area contributed by atoms with Gasteiger partial charge in [0, 0.05) is 25.6 Å². The molecule has 2 atom stereocenters. The SMILES string of the molecule is CC(C)Oc1cc([C@@H]2CN(C)C(=O)[C@H]2C(=O)Nc2cccc(F)c2F)cc(Cl)n1. The Kier molecular flexibility index (Phi) is 6.02. The Morgan fingerprint density at radius 3 is 2.76 bits per heavy atom. The van der Waals surface area contributed by atoms with Gasteiger partial charge in [-0.3, -0.25) is 9.59 Å². The van der Waals surface area contributed by atoms with E-state index in [4.69, 9.17) is 16.3 Å². The van der Waals surface area contributed by atoms with Gasteiger partial charge in [0.05, 0.1) is 11.8 Å². The molecule has 9 heteroatoms. The Morgan fingerprint density at radius 2 is 2.07 bits per heavy atom. The van der Waals surface area contributed by atoms with E-state index in [-0.39, 0.29) is 29.4 Å². The van der Waals surface area contributed by atoms with Crippen LogP contribution < -0.4 is 10.1 Å². The zero-order valence-electron chi connectivity index (χ0n) is 16.1. The highest BCUT2D eigenvalue weighted by Gasteiger charge is 2.44. The molecular formula is C20H20ClF2N3O3. The summed E-state index contributed by atoms with van der Waals surface area (Å²) < 4.78 is 33.0. The smallest absolute Gasteiger partial charge is 0.237 e. The molecule has 1 aliphatic heterocycles. The largest absolute Gasteiger partial charge is 0.475 e. The van der Waals surface area contributed by atoms with Gasteiger partial charge in [-0.2, -0.15) is 0 Å². The summed E-state index contributed by atoms with van der Waals surface area (Å²) in [6, 6.07) is 6.64. The van der Waals surface area contributed by atoms with E-state index in [1.54, 1.807) is 19.2 Å². The Bertz CT molecular complexity index is 955. The number of likely N-dealkylation sites (tertiary alicyclic amines) is 1. The van der Waals surface area contributed by atoms with E-state index in [0.29, 0.717) is 5.56 Å². The molecular weight excluding hydrogens is 404 g/mol. The van der Waals surface area contributed by atoms with Crippen molar-refractivity contribution in [3.05, 3.63) is 52.7 Å². The summed E-state index contributed by atoms with van der Waals surface area (Å²) in [4.78, 5) is 31.0. The number of halogens is 3. The number of anilines is 1. The number of pyridine rings is 1. The first-order valence-electron chi connectivity index (χ1n) is 9.01. The second-order valence-electron chi connectivity index (χ2n) is 7.12.